The predicted molar refractivity (Wildman–Crippen MR) is 121 cm³/mol. The van der Waals surface area contributed by atoms with E-state index < -0.39 is 24.0 Å². The molecule has 1 aliphatic rings. The van der Waals surface area contributed by atoms with Crippen molar-refractivity contribution in [3.05, 3.63) is 65.4 Å². The molecule has 10 nitrogen and oxygen atoms in total. The minimum absolute atomic E-state index is 0.126. The van der Waals surface area contributed by atoms with Gasteiger partial charge in [0.2, 0.25) is 0 Å². The van der Waals surface area contributed by atoms with E-state index in [-0.39, 0.29) is 31.1 Å². The molecule has 0 bridgehead atoms. The highest BCUT2D eigenvalue weighted by molar-refractivity contribution is 5.95. The van der Waals surface area contributed by atoms with Crippen molar-refractivity contribution >= 4 is 18.0 Å². The van der Waals surface area contributed by atoms with Gasteiger partial charge in [-0.2, -0.15) is 0 Å². The van der Waals surface area contributed by atoms with Crippen molar-refractivity contribution in [3.63, 3.8) is 0 Å². The molecule has 10 heteroatoms. The molecule has 1 atom stereocenters. The maximum atomic E-state index is 12.8. The molecule has 180 valence electrons. The lowest BCUT2D eigenvalue weighted by molar-refractivity contribution is -0.145. The van der Waals surface area contributed by atoms with Crippen molar-refractivity contribution in [1.82, 2.24) is 10.6 Å². The van der Waals surface area contributed by atoms with E-state index >= 15 is 0 Å². The topological polar surface area (TPSA) is 121 Å². The number of hydrogen-bond acceptors (Lipinski definition) is 8. The van der Waals surface area contributed by atoms with E-state index in [1.165, 1.54) is 7.11 Å². The Morgan fingerprint density at radius 1 is 0.882 bits per heavy atom. The smallest absolute Gasteiger partial charge is 0.344 e. The van der Waals surface area contributed by atoms with Crippen molar-refractivity contribution in [2.45, 2.75) is 13.0 Å². The lowest BCUT2D eigenvalue weighted by atomic mass is 9.95. The monoisotopic (exact) mass is 470 g/mol. The third-order valence-corrected chi connectivity index (χ3v) is 4.89. The molecule has 3 rings (SSSR count). The Kier molecular flexibility index (Phi) is 8.33. The molecular formula is C24H26N2O8. The number of urea groups is 1. The Hall–Kier alpha value is -4.21. The van der Waals surface area contributed by atoms with Gasteiger partial charge in [-0.1, -0.05) is 12.1 Å². The molecule has 0 saturated carbocycles. The first-order chi connectivity index (χ1) is 16.4. The normalized spacial score (nSPS) is 15.0. The molecule has 0 aliphatic carbocycles. The summed E-state index contributed by atoms with van der Waals surface area (Å²) in [5.41, 5.74) is 0.890. The molecule has 0 aromatic heterocycles. The summed E-state index contributed by atoms with van der Waals surface area (Å²) in [4.78, 5) is 37.3. The second-order valence-corrected chi connectivity index (χ2v) is 7.04. The quantitative estimate of drug-likeness (QED) is 0.508. The lowest BCUT2D eigenvalue weighted by Crippen LogP contribution is -2.47. The van der Waals surface area contributed by atoms with E-state index in [0.717, 1.165) is 0 Å². The average molecular weight is 470 g/mol. The highest BCUT2D eigenvalue weighted by atomic mass is 16.6. The van der Waals surface area contributed by atoms with Gasteiger partial charge >= 0.3 is 18.0 Å². The number of carbonyl (C=O) groups is 3. The zero-order valence-corrected chi connectivity index (χ0v) is 19.1. The average Bonchev–Trinajstić information content (AvgIpc) is 2.86. The number of carbonyl (C=O) groups excluding carboxylic acids is 3. The molecule has 2 aromatic rings. The number of rotatable bonds is 10. The SMILES string of the molecule is CCOC(=O)C1=C(COC(=O)COc2ccc(OC)cc2)NC(=O)NC1c1ccc(OC)cc1. The number of ether oxygens (including phenoxy) is 5. The Balaban J connectivity index is 1.74. The van der Waals surface area contributed by atoms with Gasteiger partial charge in [0, 0.05) is 0 Å². The predicted octanol–water partition coefficient (Wildman–Crippen LogP) is 2.50. The third-order valence-electron chi connectivity index (χ3n) is 4.89. The molecule has 2 amide bonds. The van der Waals surface area contributed by atoms with Crippen molar-refractivity contribution < 1.29 is 38.1 Å². The first-order valence-electron chi connectivity index (χ1n) is 10.5. The summed E-state index contributed by atoms with van der Waals surface area (Å²) in [6.45, 7) is 1.10. The van der Waals surface area contributed by atoms with Crippen LogP contribution in [0.25, 0.3) is 0 Å². The summed E-state index contributed by atoms with van der Waals surface area (Å²) in [7, 11) is 3.08. The molecule has 2 aromatic carbocycles. The summed E-state index contributed by atoms with van der Waals surface area (Å²) < 4.78 is 26.1. The zero-order valence-electron chi connectivity index (χ0n) is 19.1. The van der Waals surface area contributed by atoms with Crippen LogP contribution in [0.1, 0.15) is 18.5 Å². The standard InChI is InChI=1S/C24H26N2O8/c1-4-32-23(28)21-19(13-34-20(27)14-33-18-11-9-17(31-3)10-12-18)25-24(29)26-22(21)15-5-7-16(30-2)8-6-15/h5-12,22H,4,13-14H2,1-3H3,(H2,25,26,29). The second kappa shape index (κ2) is 11.6. The van der Waals surface area contributed by atoms with Gasteiger partial charge in [0.05, 0.1) is 38.1 Å². The van der Waals surface area contributed by atoms with E-state index in [0.29, 0.717) is 22.8 Å². The molecule has 1 aliphatic heterocycles. The number of esters is 2. The van der Waals surface area contributed by atoms with Gasteiger partial charge in [-0.25, -0.2) is 14.4 Å². The van der Waals surface area contributed by atoms with Crippen LogP contribution in [0, 0.1) is 0 Å². The molecule has 0 radical (unpaired) electrons. The van der Waals surface area contributed by atoms with Gasteiger partial charge in [0.15, 0.2) is 6.61 Å². The fraction of sp³-hybridized carbons (Fsp3) is 0.292. The van der Waals surface area contributed by atoms with Crippen LogP contribution in [0.2, 0.25) is 0 Å². The highest BCUT2D eigenvalue weighted by Gasteiger charge is 2.34. The van der Waals surface area contributed by atoms with Gasteiger partial charge in [-0.15, -0.1) is 0 Å². The number of amides is 2. The van der Waals surface area contributed by atoms with E-state index in [2.05, 4.69) is 10.6 Å². The molecule has 1 unspecified atom stereocenters. The Bertz CT molecular complexity index is 1050. The fourth-order valence-corrected chi connectivity index (χ4v) is 3.24. The van der Waals surface area contributed by atoms with Gasteiger partial charge in [-0.05, 0) is 48.9 Å². The fourth-order valence-electron chi connectivity index (χ4n) is 3.24. The van der Waals surface area contributed by atoms with Crippen molar-refractivity contribution in [1.29, 1.82) is 0 Å². The molecule has 0 saturated heterocycles. The van der Waals surface area contributed by atoms with Gasteiger partial charge in [0.1, 0.15) is 23.9 Å². The van der Waals surface area contributed by atoms with Crippen LogP contribution in [0.5, 0.6) is 17.2 Å². The van der Waals surface area contributed by atoms with Crippen molar-refractivity contribution in [2.75, 3.05) is 34.0 Å². The lowest BCUT2D eigenvalue weighted by Gasteiger charge is -2.29. The Labute approximate surface area is 196 Å². The van der Waals surface area contributed by atoms with Crippen molar-refractivity contribution in [3.8, 4) is 17.2 Å². The Morgan fingerprint density at radius 2 is 1.47 bits per heavy atom. The summed E-state index contributed by atoms with van der Waals surface area (Å²) in [6.07, 6.45) is 0. The van der Waals surface area contributed by atoms with Gasteiger partial charge in [-0.3, -0.25) is 0 Å². The van der Waals surface area contributed by atoms with Gasteiger partial charge in [0.25, 0.3) is 0 Å². The third kappa shape index (κ3) is 6.18. The maximum Gasteiger partial charge on any atom is 0.344 e. The molecule has 0 spiro atoms. The summed E-state index contributed by atoms with van der Waals surface area (Å²) in [5, 5.41) is 5.25. The van der Waals surface area contributed by atoms with E-state index in [9.17, 15) is 14.4 Å². The summed E-state index contributed by atoms with van der Waals surface area (Å²) in [6, 6.07) is 12.2. The van der Waals surface area contributed by atoms with Crippen LogP contribution in [0.15, 0.2) is 59.8 Å². The molecule has 2 N–H and O–H groups in total. The number of benzene rings is 2. The van der Waals surface area contributed by atoms with Crippen molar-refractivity contribution in [2.24, 2.45) is 0 Å². The molecule has 1 heterocycles. The van der Waals surface area contributed by atoms with Gasteiger partial charge < -0.3 is 34.3 Å². The van der Waals surface area contributed by atoms with E-state index in [1.807, 2.05) is 0 Å². The minimum atomic E-state index is -0.803. The molecular weight excluding hydrogens is 444 g/mol. The van der Waals surface area contributed by atoms with Crippen LogP contribution in [0.4, 0.5) is 4.79 Å². The Morgan fingerprint density at radius 3 is 2.06 bits per heavy atom. The maximum absolute atomic E-state index is 12.8. The first-order valence-corrected chi connectivity index (χ1v) is 10.5. The van der Waals surface area contributed by atoms with Crippen LogP contribution in [0.3, 0.4) is 0 Å². The highest BCUT2D eigenvalue weighted by Crippen LogP contribution is 2.29. The van der Waals surface area contributed by atoms with Crippen LogP contribution < -0.4 is 24.8 Å². The van der Waals surface area contributed by atoms with Crippen LogP contribution in [-0.2, 0) is 19.1 Å². The number of methoxy groups -OCH3 is 2. The van der Waals surface area contributed by atoms with E-state index in [4.69, 9.17) is 23.7 Å². The second-order valence-electron chi connectivity index (χ2n) is 7.04. The van der Waals surface area contributed by atoms with Crippen LogP contribution in [-0.4, -0.2) is 52.0 Å². The minimum Gasteiger partial charge on any atom is -0.497 e. The largest absolute Gasteiger partial charge is 0.497 e. The molecule has 34 heavy (non-hydrogen) atoms. The number of hydrogen-bond donors (Lipinski definition) is 2. The van der Waals surface area contributed by atoms with Crippen LogP contribution >= 0.6 is 0 Å². The first kappa shape index (κ1) is 24.4. The zero-order chi connectivity index (χ0) is 24.5. The van der Waals surface area contributed by atoms with E-state index in [1.54, 1.807) is 62.6 Å². The summed E-state index contributed by atoms with van der Waals surface area (Å²) >= 11 is 0. The number of nitrogens with one attached hydrogen (secondary N) is 2. The molecule has 0 fully saturated rings. The summed E-state index contributed by atoms with van der Waals surface area (Å²) in [5.74, 6) is 0.411.